The molecule has 0 radical (unpaired) electrons. The molecular formula is C22H29F2IN4O3. The summed E-state index contributed by atoms with van der Waals surface area (Å²) in [5.74, 6) is 0.622. The zero-order chi connectivity index (χ0) is 22.2. The highest BCUT2D eigenvalue weighted by Gasteiger charge is 2.24. The standard InChI is InChI=1S/C22H28F2N4O3.HI/c1-25-22(26-7-9-31-17-4-5-20(23)21(24)13-17)27-15-6-8-28(14-15)16-10-18(29-2)12-19(11-16)30-3;/h4-5,10-13,15H,6-9,14H2,1-3H3,(H2,25,26,27);1H. The van der Waals surface area contributed by atoms with Crippen molar-refractivity contribution in [2.75, 3.05) is 52.4 Å². The van der Waals surface area contributed by atoms with Crippen molar-refractivity contribution < 1.29 is 23.0 Å². The van der Waals surface area contributed by atoms with Crippen molar-refractivity contribution in [2.24, 2.45) is 4.99 Å². The Balaban J connectivity index is 0.00000363. The van der Waals surface area contributed by atoms with Gasteiger partial charge in [-0.15, -0.1) is 24.0 Å². The smallest absolute Gasteiger partial charge is 0.191 e. The van der Waals surface area contributed by atoms with E-state index in [2.05, 4.69) is 20.5 Å². The Kier molecular flexibility index (Phi) is 10.1. The van der Waals surface area contributed by atoms with E-state index in [9.17, 15) is 8.78 Å². The van der Waals surface area contributed by atoms with Crippen molar-refractivity contribution >= 4 is 35.6 Å². The SMILES string of the molecule is CN=C(NCCOc1ccc(F)c(F)c1)NC1CCN(c2cc(OC)cc(OC)c2)C1.I. The number of anilines is 1. The second kappa shape index (κ2) is 12.5. The monoisotopic (exact) mass is 562 g/mol. The topological polar surface area (TPSA) is 67.4 Å². The van der Waals surface area contributed by atoms with E-state index in [1.54, 1.807) is 21.3 Å². The normalized spacial score (nSPS) is 15.7. The summed E-state index contributed by atoms with van der Waals surface area (Å²) in [5.41, 5.74) is 1.04. The summed E-state index contributed by atoms with van der Waals surface area (Å²) in [5, 5.41) is 6.58. The Morgan fingerprint density at radius 1 is 1.06 bits per heavy atom. The number of nitrogens with one attached hydrogen (secondary N) is 2. The summed E-state index contributed by atoms with van der Waals surface area (Å²) >= 11 is 0. The Morgan fingerprint density at radius 2 is 1.78 bits per heavy atom. The number of halogens is 3. The molecule has 1 fully saturated rings. The first-order chi connectivity index (χ1) is 15.0. The number of nitrogens with zero attached hydrogens (tertiary/aromatic N) is 2. The van der Waals surface area contributed by atoms with Crippen LogP contribution in [0.4, 0.5) is 14.5 Å². The van der Waals surface area contributed by atoms with E-state index in [4.69, 9.17) is 14.2 Å². The quantitative estimate of drug-likeness (QED) is 0.223. The van der Waals surface area contributed by atoms with Crippen LogP contribution in [-0.4, -0.2) is 59.5 Å². The molecular weight excluding hydrogens is 533 g/mol. The van der Waals surface area contributed by atoms with Gasteiger partial charge in [0.2, 0.25) is 0 Å². The van der Waals surface area contributed by atoms with E-state index in [0.29, 0.717) is 12.5 Å². The lowest BCUT2D eigenvalue weighted by Crippen LogP contribution is -2.45. The summed E-state index contributed by atoms with van der Waals surface area (Å²) in [4.78, 5) is 6.51. The molecule has 1 unspecified atom stereocenters. The molecule has 2 N–H and O–H groups in total. The minimum Gasteiger partial charge on any atom is -0.497 e. The van der Waals surface area contributed by atoms with Gasteiger partial charge in [-0.05, 0) is 18.6 Å². The predicted molar refractivity (Wildman–Crippen MR) is 132 cm³/mol. The van der Waals surface area contributed by atoms with Crippen LogP contribution in [0.25, 0.3) is 0 Å². The third kappa shape index (κ3) is 7.01. The summed E-state index contributed by atoms with van der Waals surface area (Å²) in [6.07, 6.45) is 0.950. The number of guanidine groups is 1. The van der Waals surface area contributed by atoms with Gasteiger partial charge in [0.15, 0.2) is 17.6 Å². The van der Waals surface area contributed by atoms with E-state index in [1.165, 1.54) is 6.07 Å². The average Bonchev–Trinajstić information content (AvgIpc) is 3.26. The largest absolute Gasteiger partial charge is 0.497 e. The van der Waals surface area contributed by atoms with Crippen molar-refractivity contribution in [3.8, 4) is 17.2 Å². The van der Waals surface area contributed by atoms with Gasteiger partial charge in [0.1, 0.15) is 23.9 Å². The minimum atomic E-state index is -0.928. The van der Waals surface area contributed by atoms with Crippen molar-refractivity contribution in [2.45, 2.75) is 12.5 Å². The third-order valence-corrected chi connectivity index (χ3v) is 5.01. The Labute approximate surface area is 204 Å². The fourth-order valence-electron chi connectivity index (χ4n) is 3.38. The first kappa shape index (κ1) is 25.8. The summed E-state index contributed by atoms with van der Waals surface area (Å²) in [6, 6.07) is 9.53. The summed E-state index contributed by atoms with van der Waals surface area (Å²) in [6.45, 7) is 2.45. The molecule has 1 atom stereocenters. The molecule has 0 bridgehead atoms. The molecule has 1 aliphatic heterocycles. The number of hydrogen-bond acceptors (Lipinski definition) is 5. The molecule has 176 valence electrons. The maximum absolute atomic E-state index is 13.2. The van der Waals surface area contributed by atoms with Crippen LogP contribution in [0.15, 0.2) is 41.4 Å². The number of rotatable bonds is 8. The third-order valence-electron chi connectivity index (χ3n) is 5.01. The molecule has 0 amide bonds. The fourth-order valence-corrected chi connectivity index (χ4v) is 3.38. The molecule has 1 saturated heterocycles. The first-order valence-corrected chi connectivity index (χ1v) is 10.1. The molecule has 10 heteroatoms. The molecule has 0 aliphatic carbocycles. The van der Waals surface area contributed by atoms with E-state index in [1.807, 2.05) is 18.2 Å². The molecule has 1 heterocycles. The molecule has 3 rings (SSSR count). The number of benzene rings is 2. The van der Waals surface area contributed by atoms with Gasteiger partial charge < -0.3 is 29.7 Å². The molecule has 1 aliphatic rings. The zero-order valence-electron chi connectivity index (χ0n) is 18.4. The van der Waals surface area contributed by atoms with Crippen LogP contribution in [0, 0.1) is 11.6 Å². The van der Waals surface area contributed by atoms with Crippen LogP contribution in [0.1, 0.15) is 6.42 Å². The Morgan fingerprint density at radius 3 is 2.41 bits per heavy atom. The van der Waals surface area contributed by atoms with Crippen LogP contribution in [0.3, 0.4) is 0 Å². The van der Waals surface area contributed by atoms with Crippen LogP contribution < -0.4 is 29.7 Å². The molecule has 0 saturated carbocycles. The number of aliphatic imine (C=N–C) groups is 1. The van der Waals surface area contributed by atoms with Gasteiger partial charge >= 0.3 is 0 Å². The minimum absolute atomic E-state index is 0. The highest BCUT2D eigenvalue weighted by molar-refractivity contribution is 14.0. The maximum atomic E-state index is 13.2. The molecule has 0 spiro atoms. The molecule has 0 aromatic heterocycles. The van der Waals surface area contributed by atoms with Gasteiger partial charge in [-0.2, -0.15) is 0 Å². The lowest BCUT2D eigenvalue weighted by molar-refractivity contribution is 0.318. The molecule has 32 heavy (non-hydrogen) atoms. The van der Waals surface area contributed by atoms with Gasteiger partial charge in [0.25, 0.3) is 0 Å². The zero-order valence-corrected chi connectivity index (χ0v) is 20.7. The predicted octanol–water partition coefficient (Wildman–Crippen LogP) is 3.42. The van der Waals surface area contributed by atoms with Gasteiger partial charge in [-0.1, -0.05) is 0 Å². The van der Waals surface area contributed by atoms with E-state index < -0.39 is 11.6 Å². The van der Waals surface area contributed by atoms with Gasteiger partial charge in [-0.25, -0.2) is 8.78 Å². The molecule has 2 aromatic rings. The highest BCUT2D eigenvalue weighted by atomic mass is 127. The lowest BCUT2D eigenvalue weighted by atomic mass is 10.2. The molecule has 7 nitrogen and oxygen atoms in total. The highest BCUT2D eigenvalue weighted by Crippen LogP contribution is 2.30. The molecule has 2 aromatic carbocycles. The number of hydrogen-bond donors (Lipinski definition) is 2. The maximum Gasteiger partial charge on any atom is 0.191 e. The van der Waals surface area contributed by atoms with E-state index in [0.717, 1.165) is 48.8 Å². The van der Waals surface area contributed by atoms with Crippen molar-refractivity contribution in [3.05, 3.63) is 48.0 Å². The van der Waals surface area contributed by atoms with Gasteiger partial charge in [0.05, 0.1) is 20.8 Å². The Bertz CT molecular complexity index is 894. The Hall–Kier alpha value is -2.50. The second-order valence-corrected chi connectivity index (χ2v) is 7.07. The van der Waals surface area contributed by atoms with Crippen molar-refractivity contribution in [1.82, 2.24) is 10.6 Å². The lowest BCUT2D eigenvalue weighted by Gasteiger charge is -2.21. The second-order valence-electron chi connectivity index (χ2n) is 7.07. The van der Waals surface area contributed by atoms with Gasteiger partial charge in [-0.3, -0.25) is 4.99 Å². The fraction of sp³-hybridized carbons (Fsp3) is 0.409. The van der Waals surface area contributed by atoms with E-state index >= 15 is 0 Å². The van der Waals surface area contributed by atoms with Crippen molar-refractivity contribution in [3.63, 3.8) is 0 Å². The summed E-state index contributed by atoms with van der Waals surface area (Å²) in [7, 11) is 4.98. The van der Waals surface area contributed by atoms with Crippen LogP contribution in [-0.2, 0) is 0 Å². The van der Waals surface area contributed by atoms with E-state index in [-0.39, 0.29) is 42.4 Å². The van der Waals surface area contributed by atoms with Crippen LogP contribution in [0.2, 0.25) is 0 Å². The van der Waals surface area contributed by atoms with Crippen LogP contribution >= 0.6 is 24.0 Å². The van der Waals surface area contributed by atoms with Crippen LogP contribution in [0.5, 0.6) is 17.2 Å². The summed E-state index contributed by atoms with van der Waals surface area (Å²) < 4.78 is 42.3. The average molecular weight is 562 g/mol. The number of methoxy groups -OCH3 is 2. The first-order valence-electron chi connectivity index (χ1n) is 10.1. The van der Waals surface area contributed by atoms with Crippen molar-refractivity contribution in [1.29, 1.82) is 0 Å². The number of ether oxygens (including phenoxy) is 3. The van der Waals surface area contributed by atoms with Gasteiger partial charge in [0, 0.05) is 56.1 Å².